The van der Waals surface area contributed by atoms with Gasteiger partial charge in [0.25, 0.3) is 0 Å². The van der Waals surface area contributed by atoms with E-state index in [0.29, 0.717) is 23.7 Å². The van der Waals surface area contributed by atoms with Crippen molar-refractivity contribution in [3.8, 4) is 22.9 Å². The standard InChI is InChI=1S/C18H18N4O2/c1-2-10-24-16-9-8-15(17(23)11-16)12-20-22-13-19-21-18(22)14-6-4-3-5-7-14/h3-9,11-13,23H,2,10H2,1H3/b20-12+. The minimum atomic E-state index is 0.113. The molecule has 0 aliphatic carbocycles. The van der Waals surface area contributed by atoms with Crippen molar-refractivity contribution in [2.45, 2.75) is 13.3 Å². The zero-order valence-corrected chi connectivity index (χ0v) is 13.3. The van der Waals surface area contributed by atoms with Crippen molar-refractivity contribution >= 4 is 6.21 Å². The number of hydrogen-bond donors (Lipinski definition) is 1. The molecule has 0 unspecified atom stereocenters. The summed E-state index contributed by atoms with van der Waals surface area (Å²) in [7, 11) is 0. The van der Waals surface area contributed by atoms with Crippen LogP contribution >= 0.6 is 0 Å². The third-order valence-corrected chi connectivity index (χ3v) is 3.36. The average Bonchev–Trinajstić information content (AvgIpc) is 3.08. The first-order valence-corrected chi connectivity index (χ1v) is 7.73. The lowest BCUT2D eigenvalue weighted by Crippen LogP contribution is -1.96. The molecule has 2 aromatic carbocycles. The van der Waals surface area contributed by atoms with Gasteiger partial charge in [-0.3, -0.25) is 0 Å². The summed E-state index contributed by atoms with van der Waals surface area (Å²) in [5.74, 6) is 1.39. The SMILES string of the molecule is CCCOc1ccc(/C=N/n2cnnc2-c2ccccc2)c(O)c1. The second-order valence-corrected chi connectivity index (χ2v) is 5.18. The summed E-state index contributed by atoms with van der Waals surface area (Å²) in [4.78, 5) is 0. The maximum Gasteiger partial charge on any atom is 0.184 e. The molecule has 6 heteroatoms. The molecule has 24 heavy (non-hydrogen) atoms. The second kappa shape index (κ2) is 7.41. The van der Waals surface area contributed by atoms with Crippen LogP contribution in [0.4, 0.5) is 0 Å². The van der Waals surface area contributed by atoms with Crippen LogP contribution < -0.4 is 4.74 Å². The molecule has 122 valence electrons. The number of phenols is 1. The molecule has 1 N–H and O–H groups in total. The van der Waals surface area contributed by atoms with Crippen molar-refractivity contribution in [2.24, 2.45) is 5.10 Å². The van der Waals surface area contributed by atoms with E-state index < -0.39 is 0 Å². The van der Waals surface area contributed by atoms with Gasteiger partial charge in [-0.2, -0.15) is 9.78 Å². The molecule has 0 bridgehead atoms. The first kappa shape index (κ1) is 15.7. The summed E-state index contributed by atoms with van der Waals surface area (Å²) in [6.07, 6.45) is 4.00. The third-order valence-electron chi connectivity index (χ3n) is 3.36. The minimum absolute atomic E-state index is 0.113. The van der Waals surface area contributed by atoms with Crippen LogP contribution in [-0.2, 0) is 0 Å². The molecule has 0 fully saturated rings. The Kier molecular flexibility index (Phi) is 4.86. The van der Waals surface area contributed by atoms with Crippen molar-refractivity contribution in [3.05, 3.63) is 60.4 Å². The van der Waals surface area contributed by atoms with E-state index in [1.54, 1.807) is 29.1 Å². The van der Waals surface area contributed by atoms with Gasteiger partial charge in [-0.1, -0.05) is 37.3 Å². The van der Waals surface area contributed by atoms with Crippen molar-refractivity contribution in [2.75, 3.05) is 6.61 Å². The summed E-state index contributed by atoms with van der Waals surface area (Å²) in [6.45, 7) is 2.65. The molecular weight excluding hydrogens is 304 g/mol. The average molecular weight is 322 g/mol. The Bertz CT molecular complexity index is 828. The van der Waals surface area contributed by atoms with Gasteiger partial charge in [-0.15, -0.1) is 10.2 Å². The van der Waals surface area contributed by atoms with Crippen LogP contribution in [0.2, 0.25) is 0 Å². The van der Waals surface area contributed by atoms with Crippen LogP contribution in [0, 0.1) is 0 Å². The molecule has 0 saturated carbocycles. The lowest BCUT2D eigenvalue weighted by molar-refractivity contribution is 0.315. The number of ether oxygens (including phenoxy) is 1. The fourth-order valence-electron chi connectivity index (χ4n) is 2.16. The number of aromatic hydroxyl groups is 1. The molecular formula is C18H18N4O2. The van der Waals surface area contributed by atoms with Crippen molar-refractivity contribution < 1.29 is 9.84 Å². The van der Waals surface area contributed by atoms with E-state index in [-0.39, 0.29) is 5.75 Å². The highest BCUT2D eigenvalue weighted by Gasteiger charge is 2.06. The lowest BCUT2D eigenvalue weighted by atomic mass is 10.2. The first-order chi connectivity index (χ1) is 11.8. The number of rotatable bonds is 6. The number of nitrogens with zero attached hydrogens (tertiary/aromatic N) is 4. The quantitative estimate of drug-likeness (QED) is 0.707. The molecule has 1 aromatic heterocycles. The topological polar surface area (TPSA) is 72.5 Å². The maximum atomic E-state index is 10.1. The minimum Gasteiger partial charge on any atom is -0.507 e. The molecule has 6 nitrogen and oxygen atoms in total. The smallest absolute Gasteiger partial charge is 0.184 e. The van der Waals surface area contributed by atoms with E-state index in [1.165, 1.54) is 6.33 Å². The molecule has 3 aromatic rings. The number of hydrogen-bond acceptors (Lipinski definition) is 5. The Morgan fingerprint density at radius 2 is 2.04 bits per heavy atom. The first-order valence-electron chi connectivity index (χ1n) is 7.73. The van der Waals surface area contributed by atoms with Gasteiger partial charge >= 0.3 is 0 Å². The predicted molar refractivity (Wildman–Crippen MR) is 92.3 cm³/mol. The zero-order chi connectivity index (χ0) is 16.8. The predicted octanol–water partition coefficient (Wildman–Crippen LogP) is 3.32. The van der Waals surface area contributed by atoms with Crippen LogP contribution in [0.1, 0.15) is 18.9 Å². The van der Waals surface area contributed by atoms with E-state index in [1.807, 2.05) is 37.3 Å². The van der Waals surface area contributed by atoms with E-state index >= 15 is 0 Å². The van der Waals surface area contributed by atoms with E-state index in [2.05, 4.69) is 15.3 Å². The van der Waals surface area contributed by atoms with Gasteiger partial charge in [0, 0.05) is 17.2 Å². The van der Waals surface area contributed by atoms with Crippen LogP contribution in [-0.4, -0.2) is 32.8 Å². The number of benzene rings is 2. The second-order valence-electron chi connectivity index (χ2n) is 5.18. The third kappa shape index (κ3) is 3.60. The van der Waals surface area contributed by atoms with Crippen LogP contribution in [0.25, 0.3) is 11.4 Å². The summed E-state index contributed by atoms with van der Waals surface area (Å²) in [6, 6.07) is 14.8. The van der Waals surface area contributed by atoms with Crippen LogP contribution in [0.3, 0.4) is 0 Å². The Balaban J connectivity index is 1.81. The summed E-state index contributed by atoms with van der Waals surface area (Å²) < 4.78 is 7.05. The van der Waals surface area contributed by atoms with E-state index in [4.69, 9.17) is 4.74 Å². The van der Waals surface area contributed by atoms with Crippen LogP contribution in [0.5, 0.6) is 11.5 Å². The lowest BCUT2D eigenvalue weighted by Gasteiger charge is -2.06. The Morgan fingerprint density at radius 1 is 1.21 bits per heavy atom. The maximum absolute atomic E-state index is 10.1. The molecule has 0 saturated heterocycles. The van der Waals surface area contributed by atoms with E-state index in [9.17, 15) is 5.11 Å². The van der Waals surface area contributed by atoms with Crippen LogP contribution in [0.15, 0.2) is 60.0 Å². The van der Waals surface area contributed by atoms with Gasteiger partial charge in [0.2, 0.25) is 0 Å². The molecule has 0 aliphatic heterocycles. The highest BCUT2D eigenvalue weighted by Crippen LogP contribution is 2.23. The summed E-state index contributed by atoms with van der Waals surface area (Å²) in [5.41, 5.74) is 1.51. The summed E-state index contributed by atoms with van der Waals surface area (Å²) >= 11 is 0. The van der Waals surface area contributed by atoms with Gasteiger partial charge in [0.1, 0.15) is 17.8 Å². The molecule has 3 rings (SSSR count). The normalized spacial score (nSPS) is 11.0. The van der Waals surface area contributed by atoms with Gasteiger partial charge in [-0.25, -0.2) is 0 Å². The molecule has 0 aliphatic rings. The largest absolute Gasteiger partial charge is 0.507 e. The number of phenolic OH excluding ortho intramolecular Hbond substituents is 1. The van der Waals surface area contributed by atoms with Crippen molar-refractivity contribution in [1.82, 2.24) is 14.9 Å². The van der Waals surface area contributed by atoms with Gasteiger partial charge in [-0.05, 0) is 18.6 Å². The number of aromatic nitrogens is 3. The van der Waals surface area contributed by atoms with Crippen molar-refractivity contribution in [1.29, 1.82) is 0 Å². The highest BCUT2D eigenvalue weighted by molar-refractivity contribution is 5.83. The van der Waals surface area contributed by atoms with Gasteiger partial charge < -0.3 is 9.84 Å². The zero-order valence-electron chi connectivity index (χ0n) is 13.3. The Morgan fingerprint density at radius 3 is 2.79 bits per heavy atom. The van der Waals surface area contributed by atoms with Gasteiger partial charge in [0.15, 0.2) is 5.82 Å². The fraction of sp³-hybridized carbons (Fsp3) is 0.167. The molecule has 0 radical (unpaired) electrons. The Labute approximate surface area is 140 Å². The van der Waals surface area contributed by atoms with Crippen molar-refractivity contribution in [3.63, 3.8) is 0 Å². The molecule has 0 atom stereocenters. The molecule has 0 amide bonds. The Hall–Kier alpha value is -3.15. The monoisotopic (exact) mass is 322 g/mol. The highest BCUT2D eigenvalue weighted by atomic mass is 16.5. The molecule has 1 heterocycles. The molecule has 0 spiro atoms. The van der Waals surface area contributed by atoms with Gasteiger partial charge in [0.05, 0.1) is 12.8 Å². The fourth-order valence-corrected chi connectivity index (χ4v) is 2.16. The summed E-state index contributed by atoms with van der Waals surface area (Å²) in [5, 5.41) is 22.4. The van der Waals surface area contributed by atoms with E-state index in [0.717, 1.165) is 12.0 Å².